The predicted octanol–water partition coefficient (Wildman–Crippen LogP) is 5.71. The van der Waals surface area contributed by atoms with Gasteiger partial charge in [-0.05, 0) is 42.6 Å². The van der Waals surface area contributed by atoms with E-state index in [2.05, 4.69) is 66.7 Å². The number of piperidine rings is 1. The lowest BCUT2D eigenvalue weighted by Gasteiger charge is -2.30. The van der Waals surface area contributed by atoms with Crippen LogP contribution in [0, 0.1) is 5.92 Å². The lowest BCUT2D eigenvalue weighted by Crippen LogP contribution is -2.38. The van der Waals surface area contributed by atoms with Crippen LogP contribution in [0.1, 0.15) is 77.8 Å². The van der Waals surface area contributed by atoms with Gasteiger partial charge in [0.05, 0.1) is 5.75 Å². The summed E-state index contributed by atoms with van der Waals surface area (Å²) in [5, 5.41) is 10.0. The molecule has 1 aromatic heterocycles. The van der Waals surface area contributed by atoms with Crippen LogP contribution in [0.15, 0.2) is 29.4 Å². The van der Waals surface area contributed by atoms with E-state index >= 15 is 0 Å². The van der Waals surface area contributed by atoms with E-state index < -0.39 is 0 Å². The highest BCUT2D eigenvalue weighted by molar-refractivity contribution is 7.99. The second-order valence-corrected chi connectivity index (χ2v) is 11.2. The van der Waals surface area contributed by atoms with Gasteiger partial charge in [-0.1, -0.05) is 76.6 Å². The Bertz CT molecular complexity index is 885. The second-order valence-electron chi connectivity index (χ2n) is 10.3. The predicted molar refractivity (Wildman–Crippen MR) is 127 cm³/mol. The molecule has 2 fully saturated rings. The number of likely N-dealkylation sites (tertiary alicyclic amines) is 1. The van der Waals surface area contributed by atoms with Crippen molar-refractivity contribution in [3.63, 3.8) is 0 Å². The van der Waals surface area contributed by atoms with Crippen molar-refractivity contribution < 1.29 is 4.79 Å². The first-order valence-electron chi connectivity index (χ1n) is 11.8. The minimum atomic E-state index is 0.130. The maximum absolute atomic E-state index is 12.8. The van der Waals surface area contributed by atoms with E-state index in [1.54, 1.807) is 11.8 Å². The Morgan fingerprint density at radius 2 is 1.68 bits per heavy atom. The Hall–Kier alpha value is -1.82. The summed E-state index contributed by atoms with van der Waals surface area (Å²) >= 11 is 1.56. The zero-order valence-electron chi connectivity index (χ0n) is 19.4. The summed E-state index contributed by atoms with van der Waals surface area (Å²) < 4.78 is 2.31. The maximum Gasteiger partial charge on any atom is 0.233 e. The summed E-state index contributed by atoms with van der Waals surface area (Å²) in [4.78, 5) is 14.8. The summed E-state index contributed by atoms with van der Waals surface area (Å²) in [6.45, 7) is 10.8. The number of benzene rings is 1. The highest BCUT2D eigenvalue weighted by atomic mass is 32.2. The molecule has 0 radical (unpaired) electrons. The van der Waals surface area contributed by atoms with Gasteiger partial charge in [0.2, 0.25) is 5.91 Å². The molecule has 0 bridgehead atoms. The van der Waals surface area contributed by atoms with Crippen molar-refractivity contribution in [2.75, 3.05) is 18.8 Å². The number of carbonyl (C=O) groups excluding carboxylic acids is 1. The van der Waals surface area contributed by atoms with Gasteiger partial charge in [0.25, 0.3) is 0 Å². The molecular formula is C25H36N4OS. The van der Waals surface area contributed by atoms with Crippen molar-refractivity contribution in [2.45, 2.75) is 82.8 Å². The third-order valence-corrected chi connectivity index (χ3v) is 7.75. The van der Waals surface area contributed by atoms with Gasteiger partial charge >= 0.3 is 0 Å². The number of rotatable bonds is 5. The molecule has 0 spiro atoms. The van der Waals surface area contributed by atoms with Crippen molar-refractivity contribution >= 4 is 17.7 Å². The summed E-state index contributed by atoms with van der Waals surface area (Å²) in [6.07, 6.45) is 7.06. The Balaban J connectivity index is 1.53. The molecule has 31 heavy (non-hydrogen) atoms. The maximum atomic E-state index is 12.8. The largest absolute Gasteiger partial charge is 0.342 e. The van der Waals surface area contributed by atoms with Crippen molar-refractivity contribution in [3.8, 4) is 11.4 Å². The topological polar surface area (TPSA) is 51.0 Å². The van der Waals surface area contributed by atoms with Crippen molar-refractivity contribution in [2.24, 2.45) is 5.92 Å². The van der Waals surface area contributed by atoms with Gasteiger partial charge in [0.1, 0.15) is 0 Å². The number of nitrogens with zero attached hydrogens (tertiary/aromatic N) is 4. The molecule has 2 heterocycles. The average Bonchev–Trinajstić information content (AvgIpc) is 3.41. The van der Waals surface area contributed by atoms with E-state index in [1.165, 1.54) is 18.4 Å². The van der Waals surface area contributed by atoms with E-state index in [0.29, 0.717) is 11.8 Å². The third-order valence-electron chi connectivity index (χ3n) is 6.82. The van der Waals surface area contributed by atoms with Gasteiger partial charge in [0, 0.05) is 24.7 Å². The van der Waals surface area contributed by atoms with Crippen LogP contribution in [0.3, 0.4) is 0 Å². The first-order valence-corrected chi connectivity index (χ1v) is 12.8. The molecule has 1 amide bonds. The van der Waals surface area contributed by atoms with Gasteiger partial charge in [-0.15, -0.1) is 10.2 Å². The van der Waals surface area contributed by atoms with Gasteiger partial charge in [-0.2, -0.15) is 0 Å². The van der Waals surface area contributed by atoms with Crippen LogP contribution in [0.4, 0.5) is 0 Å². The van der Waals surface area contributed by atoms with E-state index in [9.17, 15) is 4.79 Å². The first kappa shape index (κ1) is 22.4. The fourth-order valence-electron chi connectivity index (χ4n) is 4.66. The number of aromatic nitrogens is 3. The summed E-state index contributed by atoms with van der Waals surface area (Å²) in [5.74, 6) is 2.35. The van der Waals surface area contributed by atoms with Crippen LogP contribution >= 0.6 is 11.8 Å². The van der Waals surface area contributed by atoms with Gasteiger partial charge < -0.3 is 4.90 Å². The molecule has 0 unspecified atom stereocenters. The number of carbonyl (C=O) groups is 1. The van der Waals surface area contributed by atoms with Crippen LogP contribution in [-0.2, 0) is 10.2 Å². The van der Waals surface area contributed by atoms with Crippen LogP contribution in [0.2, 0.25) is 0 Å². The molecule has 2 aliphatic rings. The molecule has 5 nitrogen and oxygen atoms in total. The molecule has 6 heteroatoms. The zero-order chi connectivity index (χ0) is 22.0. The van der Waals surface area contributed by atoms with Crippen LogP contribution in [-0.4, -0.2) is 44.4 Å². The molecule has 1 aliphatic heterocycles. The average molecular weight is 441 g/mol. The minimum Gasteiger partial charge on any atom is -0.342 e. The molecule has 0 atom stereocenters. The zero-order valence-corrected chi connectivity index (χ0v) is 20.2. The lowest BCUT2D eigenvalue weighted by atomic mass is 9.86. The van der Waals surface area contributed by atoms with Gasteiger partial charge in [0.15, 0.2) is 11.0 Å². The Morgan fingerprint density at radius 1 is 1.03 bits per heavy atom. The standard InChI is InChI=1S/C25H36N4OS/c1-18-13-15-28(16-14-18)22(30)17-31-24-27-26-23(29(24)21-7-5-6-8-21)19-9-11-20(12-10-19)25(2,3)4/h9-12,18,21H,5-8,13-17H2,1-4H3. The molecule has 1 aromatic carbocycles. The van der Waals surface area contributed by atoms with E-state index in [-0.39, 0.29) is 11.3 Å². The van der Waals surface area contributed by atoms with Crippen molar-refractivity contribution in [1.29, 1.82) is 0 Å². The normalized spacial score (nSPS) is 18.6. The van der Waals surface area contributed by atoms with E-state index in [0.717, 1.165) is 61.2 Å². The molecule has 2 aromatic rings. The van der Waals surface area contributed by atoms with Crippen LogP contribution in [0.25, 0.3) is 11.4 Å². The quantitative estimate of drug-likeness (QED) is 0.559. The van der Waals surface area contributed by atoms with E-state index in [4.69, 9.17) is 0 Å². The Labute approximate surface area is 191 Å². The molecule has 168 valence electrons. The Kier molecular flexibility index (Phi) is 6.75. The van der Waals surface area contributed by atoms with Crippen molar-refractivity contribution in [1.82, 2.24) is 19.7 Å². The SMILES string of the molecule is CC1CCN(C(=O)CSc2nnc(-c3ccc(C(C)(C)C)cc3)n2C2CCCC2)CC1. The smallest absolute Gasteiger partial charge is 0.233 e. The molecule has 4 rings (SSSR count). The van der Waals surface area contributed by atoms with Crippen LogP contribution in [0.5, 0.6) is 0 Å². The molecule has 0 N–H and O–H groups in total. The molecule has 1 saturated carbocycles. The first-order chi connectivity index (χ1) is 14.8. The second kappa shape index (κ2) is 9.35. The summed E-state index contributed by atoms with van der Waals surface area (Å²) in [6, 6.07) is 9.18. The van der Waals surface area contributed by atoms with Gasteiger partial charge in [-0.25, -0.2) is 0 Å². The van der Waals surface area contributed by atoms with E-state index in [1.807, 2.05) is 4.90 Å². The minimum absolute atomic E-state index is 0.130. The fourth-order valence-corrected chi connectivity index (χ4v) is 5.57. The lowest BCUT2D eigenvalue weighted by molar-refractivity contribution is -0.129. The number of hydrogen-bond acceptors (Lipinski definition) is 4. The monoisotopic (exact) mass is 440 g/mol. The molecule has 1 saturated heterocycles. The third kappa shape index (κ3) is 5.16. The summed E-state index contributed by atoms with van der Waals surface area (Å²) in [5.41, 5.74) is 2.56. The molecule has 1 aliphatic carbocycles. The van der Waals surface area contributed by atoms with Gasteiger partial charge in [-0.3, -0.25) is 9.36 Å². The van der Waals surface area contributed by atoms with Crippen LogP contribution < -0.4 is 0 Å². The highest BCUT2D eigenvalue weighted by Gasteiger charge is 2.27. The summed E-state index contributed by atoms with van der Waals surface area (Å²) in [7, 11) is 0. The Morgan fingerprint density at radius 3 is 2.29 bits per heavy atom. The molecular weight excluding hydrogens is 404 g/mol. The highest BCUT2D eigenvalue weighted by Crippen LogP contribution is 2.37. The number of amides is 1. The number of thioether (sulfide) groups is 1. The van der Waals surface area contributed by atoms with Crippen molar-refractivity contribution in [3.05, 3.63) is 29.8 Å². The fraction of sp³-hybridized carbons (Fsp3) is 0.640. The number of hydrogen-bond donors (Lipinski definition) is 0.